The number of hydrogen-bond donors (Lipinski definition) is 1. The number of aliphatic hydroxyl groups excluding tert-OH is 1. The van der Waals surface area contributed by atoms with Gasteiger partial charge < -0.3 is 5.11 Å². The predicted octanol–water partition coefficient (Wildman–Crippen LogP) is 1.80. The van der Waals surface area contributed by atoms with Crippen LogP contribution in [-0.4, -0.2) is 11.2 Å². The molecule has 1 nitrogen and oxygen atoms in total. The molecule has 0 saturated heterocycles. The monoisotopic (exact) mass is 152 g/mol. The molecule has 0 aromatic rings. The van der Waals surface area contributed by atoms with Crippen LogP contribution in [0.3, 0.4) is 0 Å². The van der Waals surface area contributed by atoms with Crippen LogP contribution in [0.4, 0.5) is 0 Å². The maximum Gasteiger partial charge on any atom is 0.0573 e. The van der Waals surface area contributed by atoms with Crippen molar-refractivity contribution in [2.45, 2.75) is 38.2 Å². The van der Waals surface area contributed by atoms with Crippen molar-refractivity contribution in [3.05, 3.63) is 0 Å². The van der Waals surface area contributed by atoms with Crippen LogP contribution in [0.25, 0.3) is 0 Å². The highest BCUT2D eigenvalue weighted by molar-refractivity contribution is 4.98. The lowest BCUT2D eigenvalue weighted by Crippen LogP contribution is -2.33. The van der Waals surface area contributed by atoms with E-state index in [1.54, 1.807) is 0 Å². The SMILES string of the molecule is O[C@@H]1CC2CC3CC(C2)C1C3. The highest BCUT2D eigenvalue weighted by Crippen LogP contribution is 2.54. The molecule has 0 aromatic carbocycles. The molecule has 11 heavy (non-hydrogen) atoms. The summed E-state index contributed by atoms with van der Waals surface area (Å²) in [7, 11) is 0. The van der Waals surface area contributed by atoms with Gasteiger partial charge in [0, 0.05) is 0 Å². The second-order valence-electron chi connectivity index (χ2n) is 4.90. The van der Waals surface area contributed by atoms with Gasteiger partial charge in [-0.3, -0.25) is 0 Å². The molecule has 4 unspecified atom stereocenters. The molecule has 3 saturated carbocycles. The summed E-state index contributed by atoms with van der Waals surface area (Å²) in [6.07, 6.45) is 6.87. The fraction of sp³-hybridized carbons (Fsp3) is 1.00. The molecule has 0 amide bonds. The van der Waals surface area contributed by atoms with E-state index in [0.717, 1.165) is 24.2 Å². The van der Waals surface area contributed by atoms with Gasteiger partial charge in [0.2, 0.25) is 0 Å². The Morgan fingerprint density at radius 2 is 1.55 bits per heavy atom. The lowest BCUT2D eigenvalue weighted by molar-refractivity contribution is 0.0205. The zero-order chi connectivity index (χ0) is 7.42. The maximum atomic E-state index is 9.78. The van der Waals surface area contributed by atoms with Gasteiger partial charge in [0.15, 0.2) is 0 Å². The Morgan fingerprint density at radius 1 is 0.818 bits per heavy atom. The van der Waals surface area contributed by atoms with E-state index < -0.39 is 0 Å². The lowest BCUT2D eigenvalue weighted by Gasteiger charge is -2.36. The average molecular weight is 152 g/mol. The van der Waals surface area contributed by atoms with Crippen LogP contribution >= 0.6 is 0 Å². The first-order valence-corrected chi connectivity index (χ1v) is 5.01. The van der Waals surface area contributed by atoms with Gasteiger partial charge in [0.25, 0.3) is 0 Å². The molecule has 3 rings (SSSR count). The van der Waals surface area contributed by atoms with Gasteiger partial charge in [-0.15, -0.1) is 0 Å². The number of rotatable bonds is 0. The largest absolute Gasteiger partial charge is 0.393 e. The molecule has 0 aromatic heterocycles. The molecule has 0 aliphatic heterocycles. The third-order valence-corrected chi connectivity index (χ3v) is 4.22. The van der Waals surface area contributed by atoms with Crippen molar-refractivity contribution in [1.29, 1.82) is 0 Å². The first-order valence-electron chi connectivity index (χ1n) is 5.01. The van der Waals surface area contributed by atoms with Crippen LogP contribution in [0.2, 0.25) is 0 Å². The topological polar surface area (TPSA) is 20.2 Å². The highest BCUT2D eigenvalue weighted by atomic mass is 16.3. The molecule has 3 fully saturated rings. The molecule has 0 spiro atoms. The zero-order valence-corrected chi connectivity index (χ0v) is 6.87. The van der Waals surface area contributed by atoms with E-state index in [9.17, 15) is 5.11 Å². The molecule has 1 N–H and O–H groups in total. The van der Waals surface area contributed by atoms with E-state index in [-0.39, 0.29) is 6.10 Å². The summed E-state index contributed by atoms with van der Waals surface area (Å²) in [6, 6.07) is 0. The van der Waals surface area contributed by atoms with Crippen LogP contribution in [0.1, 0.15) is 32.1 Å². The van der Waals surface area contributed by atoms with Crippen LogP contribution < -0.4 is 0 Å². The molecule has 62 valence electrons. The fourth-order valence-electron chi connectivity index (χ4n) is 3.92. The maximum absolute atomic E-state index is 9.78. The van der Waals surface area contributed by atoms with Crippen molar-refractivity contribution in [3.63, 3.8) is 0 Å². The summed E-state index contributed by atoms with van der Waals surface area (Å²) in [6.45, 7) is 0. The van der Waals surface area contributed by atoms with Crippen LogP contribution in [0, 0.1) is 23.7 Å². The Morgan fingerprint density at radius 3 is 2.36 bits per heavy atom. The van der Waals surface area contributed by atoms with Gasteiger partial charge in [-0.1, -0.05) is 0 Å². The summed E-state index contributed by atoms with van der Waals surface area (Å²) in [5, 5.41) is 9.78. The molecule has 3 bridgehead atoms. The van der Waals surface area contributed by atoms with Crippen molar-refractivity contribution in [1.82, 2.24) is 0 Å². The Kier molecular flexibility index (Phi) is 1.18. The standard InChI is InChI=1S/C10H16O/c11-10-5-7-1-6-2-8(3-7)9(10)4-6/h6-11H,1-5H2/t6?,7?,8?,9?,10-/m1/s1. The normalized spacial score (nSPS) is 60.3. The van der Waals surface area contributed by atoms with E-state index in [1.165, 1.54) is 25.7 Å². The van der Waals surface area contributed by atoms with Crippen molar-refractivity contribution >= 4 is 0 Å². The minimum Gasteiger partial charge on any atom is -0.393 e. The molecular formula is C10H16O. The van der Waals surface area contributed by atoms with Gasteiger partial charge in [-0.05, 0) is 55.8 Å². The summed E-state index contributed by atoms with van der Waals surface area (Å²) in [4.78, 5) is 0. The third kappa shape index (κ3) is 0.807. The second-order valence-corrected chi connectivity index (χ2v) is 4.90. The third-order valence-electron chi connectivity index (χ3n) is 4.22. The minimum absolute atomic E-state index is 0.0752. The smallest absolute Gasteiger partial charge is 0.0573 e. The lowest BCUT2D eigenvalue weighted by atomic mass is 9.71. The molecule has 0 heterocycles. The Balaban J connectivity index is 1.94. The van der Waals surface area contributed by atoms with Gasteiger partial charge in [-0.2, -0.15) is 0 Å². The number of hydrogen-bond acceptors (Lipinski definition) is 1. The second kappa shape index (κ2) is 2.01. The molecular weight excluding hydrogens is 136 g/mol. The summed E-state index contributed by atoms with van der Waals surface area (Å²) in [5.74, 6) is 3.52. The van der Waals surface area contributed by atoms with E-state index in [0.29, 0.717) is 5.92 Å². The van der Waals surface area contributed by atoms with Crippen LogP contribution in [0.15, 0.2) is 0 Å². The van der Waals surface area contributed by atoms with Gasteiger partial charge in [0.05, 0.1) is 6.10 Å². The van der Waals surface area contributed by atoms with E-state index in [1.807, 2.05) is 0 Å². The Hall–Kier alpha value is -0.0400. The molecule has 3 aliphatic rings. The van der Waals surface area contributed by atoms with E-state index >= 15 is 0 Å². The van der Waals surface area contributed by atoms with Gasteiger partial charge in [-0.25, -0.2) is 0 Å². The van der Waals surface area contributed by atoms with Crippen LogP contribution in [-0.2, 0) is 0 Å². The molecule has 3 aliphatic carbocycles. The van der Waals surface area contributed by atoms with Crippen molar-refractivity contribution in [2.75, 3.05) is 0 Å². The minimum atomic E-state index is 0.0752. The fourth-order valence-corrected chi connectivity index (χ4v) is 3.92. The number of fused-ring (bicyclic) bond motifs is 2. The molecule has 0 radical (unpaired) electrons. The first-order chi connectivity index (χ1) is 5.33. The number of aliphatic hydroxyl groups is 1. The average Bonchev–Trinajstić information content (AvgIpc) is 2.19. The summed E-state index contributed by atoms with van der Waals surface area (Å²) in [5.41, 5.74) is 0. The van der Waals surface area contributed by atoms with Crippen molar-refractivity contribution in [2.24, 2.45) is 23.7 Å². The first kappa shape index (κ1) is 6.47. The van der Waals surface area contributed by atoms with Gasteiger partial charge >= 0.3 is 0 Å². The highest BCUT2D eigenvalue weighted by Gasteiger charge is 2.48. The molecule has 5 atom stereocenters. The van der Waals surface area contributed by atoms with Gasteiger partial charge in [0.1, 0.15) is 0 Å². The van der Waals surface area contributed by atoms with E-state index in [4.69, 9.17) is 0 Å². The summed E-state index contributed by atoms with van der Waals surface area (Å²) < 4.78 is 0. The predicted molar refractivity (Wildman–Crippen MR) is 43.1 cm³/mol. The molecule has 1 heteroatoms. The van der Waals surface area contributed by atoms with E-state index in [2.05, 4.69) is 0 Å². The van der Waals surface area contributed by atoms with Crippen molar-refractivity contribution in [3.8, 4) is 0 Å². The van der Waals surface area contributed by atoms with Crippen LogP contribution in [0.5, 0.6) is 0 Å². The van der Waals surface area contributed by atoms with Crippen molar-refractivity contribution < 1.29 is 5.11 Å². The summed E-state index contributed by atoms with van der Waals surface area (Å²) >= 11 is 0. The Labute approximate surface area is 67.8 Å². The quantitative estimate of drug-likeness (QED) is 0.561. The Bertz CT molecular complexity index is 173. The zero-order valence-electron chi connectivity index (χ0n) is 6.87.